The molecule has 1 spiro atoms. The molecular formula is C25H22FN7O2. The minimum atomic E-state index is -0.767. The SMILES string of the molecule is N#CC1(c2ccccc2)CC12CCN(C(=O)C(=O)c1c[nH]c3c(N4C=CNN4)ncc(F)c13)CC2. The number of nitrogens with zero attached hydrogens (tertiary/aromatic N) is 4. The Morgan fingerprint density at radius 3 is 2.63 bits per heavy atom. The van der Waals surface area contributed by atoms with E-state index in [1.165, 1.54) is 16.1 Å². The van der Waals surface area contributed by atoms with Crippen molar-refractivity contribution in [1.29, 1.82) is 5.26 Å². The molecule has 1 saturated heterocycles. The van der Waals surface area contributed by atoms with Crippen LogP contribution in [0.5, 0.6) is 0 Å². The van der Waals surface area contributed by atoms with E-state index in [2.05, 4.69) is 27.0 Å². The number of aromatic amines is 1. The van der Waals surface area contributed by atoms with Crippen molar-refractivity contribution in [3.05, 3.63) is 72.1 Å². The molecule has 0 radical (unpaired) electrons. The van der Waals surface area contributed by atoms with E-state index in [9.17, 15) is 19.2 Å². The van der Waals surface area contributed by atoms with Gasteiger partial charge in [0.1, 0.15) is 0 Å². The minimum absolute atomic E-state index is 0.0235. The Morgan fingerprint density at radius 2 is 1.94 bits per heavy atom. The lowest BCUT2D eigenvalue weighted by Gasteiger charge is -2.33. The third kappa shape index (κ3) is 3.05. The molecule has 176 valence electrons. The summed E-state index contributed by atoms with van der Waals surface area (Å²) in [7, 11) is 0. The topological polar surface area (TPSA) is 117 Å². The molecule has 1 aliphatic carbocycles. The molecule has 10 heteroatoms. The van der Waals surface area contributed by atoms with Gasteiger partial charge in [-0.3, -0.25) is 9.59 Å². The summed E-state index contributed by atoms with van der Waals surface area (Å²) in [5.41, 5.74) is 6.16. The maximum absolute atomic E-state index is 14.7. The fourth-order valence-electron chi connectivity index (χ4n) is 5.65. The number of nitriles is 1. The number of hydrogen-bond donors (Lipinski definition) is 3. The number of carbonyl (C=O) groups excluding carboxylic acids is 2. The average Bonchev–Trinajstić information content (AvgIpc) is 3.27. The number of H-pyrrole nitrogens is 1. The third-order valence-electron chi connectivity index (χ3n) is 7.65. The summed E-state index contributed by atoms with van der Waals surface area (Å²) in [4.78, 5) is 34.8. The van der Waals surface area contributed by atoms with Crippen LogP contribution in [0.2, 0.25) is 0 Å². The van der Waals surface area contributed by atoms with Gasteiger partial charge >= 0.3 is 0 Å². The monoisotopic (exact) mass is 471 g/mol. The number of rotatable bonds is 4. The van der Waals surface area contributed by atoms with E-state index in [0.717, 1.165) is 18.2 Å². The number of carbonyl (C=O) groups is 2. The first-order valence-electron chi connectivity index (χ1n) is 11.4. The molecule has 1 amide bonds. The number of benzene rings is 1. The lowest BCUT2D eigenvalue weighted by atomic mass is 9.81. The summed E-state index contributed by atoms with van der Waals surface area (Å²) < 4.78 is 14.7. The van der Waals surface area contributed by atoms with Gasteiger partial charge < -0.3 is 15.3 Å². The fraction of sp³-hybridized carbons (Fsp3) is 0.280. The second kappa shape index (κ2) is 7.65. The molecular weight excluding hydrogens is 449 g/mol. The lowest BCUT2D eigenvalue weighted by Crippen LogP contribution is -2.44. The number of amides is 1. The highest BCUT2D eigenvalue weighted by atomic mass is 19.1. The van der Waals surface area contributed by atoms with Crippen LogP contribution in [-0.2, 0) is 10.2 Å². The maximum Gasteiger partial charge on any atom is 0.295 e. The highest BCUT2D eigenvalue weighted by Crippen LogP contribution is 2.69. The fourth-order valence-corrected chi connectivity index (χ4v) is 5.65. The molecule has 3 N–H and O–H groups in total. The van der Waals surface area contributed by atoms with E-state index in [1.807, 2.05) is 30.3 Å². The number of halogens is 1. The van der Waals surface area contributed by atoms with Crippen molar-refractivity contribution in [2.24, 2.45) is 5.41 Å². The van der Waals surface area contributed by atoms with Crippen molar-refractivity contribution in [1.82, 2.24) is 25.8 Å². The Hall–Kier alpha value is -4.23. The summed E-state index contributed by atoms with van der Waals surface area (Å²) in [5, 5.41) is 11.6. The Balaban J connectivity index is 1.22. The Bertz CT molecular complexity index is 1420. The molecule has 4 heterocycles. The quantitative estimate of drug-likeness (QED) is 0.396. The van der Waals surface area contributed by atoms with Crippen molar-refractivity contribution < 1.29 is 14.0 Å². The number of fused-ring (bicyclic) bond motifs is 1. The summed E-state index contributed by atoms with van der Waals surface area (Å²) in [6.07, 6.45) is 7.73. The van der Waals surface area contributed by atoms with Crippen LogP contribution in [-0.4, -0.2) is 39.6 Å². The number of aromatic nitrogens is 2. The molecule has 35 heavy (non-hydrogen) atoms. The number of pyridine rings is 1. The van der Waals surface area contributed by atoms with Gasteiger partial charge in [-0.25, -0.2) is 14.4 Å². The molecule has 6 rings (SSSR count). The number of piperidine rings is 1. The van der Waals surface area contributed by atoms with Gasteiger partial charge in [0.2, 0.25) is 0 Å². The summed E-state index contributed by atoms with van der Waals surface area (Å²) in [6.45, 7) is 0.763. The largest absolute Gasteiger partial charge is 0.357 e. The van der Waals surface area contributed by atoms with Crippen LogP contribution >= 0.6 is 0 Å². The van der Waals surface area contributed by atoms with Gasteiger partial charge in [-0.2, -0.15) is 5.26 Å². The molecule has 3 aliphatic rings. The second-order valence-electron chi connectivity index (χ2n) is 9.29. The van der Waals surface area contributed by atoms with E-state index in [0.29, 0.717) is 37.3 Å². The number of anilines is 1. The van der Waals surface area contributed by atoms with Crippen LogP contribution in [0.15, 0.2) is 55.1 Å². The molecule has 1 aromatic carbocycles. The van der Waals surface area contributed by atoms with Crippen molar-refractivity contribution in [2.75, 3.05) is 18.1 Å². The first kappa shape index (κ1) is 21.3. The molecule has 1 saturated carbocycles. The van der Waals surface area contributed by atoms with Crippen molar-refractivity contribution >= 4 is 28.4 Å². The second-order valence-corrected chi connectivity index (χ2v) is 9.29. The zero-order valence-electron chi connectivity index (χ0n) is 18.7. The van der Waals surface area contributed by atoms with Gasteiger partial charge in [0, 0.05) is 31.7 Å². The number of Topliss-reactive ketones (excluding diaryl/α,β-unsaturated/α-hetero) is 1. The highest BCUT2D eigenvalue weighted by Gasteiger charge is 2.69. The molecule has 9 nitrogen and oxygen atoms in total. The number of likely N-dealkylation sites (tertiary alicyclic amines) is 1. The molecule has 2 aliphatic heterocycles. The van der Waals surface area contributed by atoms with Gasteiger partial charge in [0.05, 0.1) is 34.1 Å². The summed E-state index contributed by atoms with van der Waals surface area (Å²) in [6, 6.07) is 12.3. The van der Waals surface area contributed by atoms with Crippen LogP contribution in [0, 0.1) is 22.6 Å². The number of hydrazine groups is 2. The normalized spacial score (nSPS) is 22.3. The molecule has 2 fully saturated rings. The number of ketones is 1. The number of hydrogen-bond acceptors (Lipinski definition) is 7. The predicted octanol–water partition coefficient (Wildman–Crippen LogP) is 2.66. The number of nitrogens with one attached hydrogen (secondary N) is 3. The molecule has 1 unspecified atom stereocenters. The molecule has 0 bridgehead atoms. The third-order valence-corrected chi connectivity index (χ3v) is 7.65. The van der Waals surface area contributed by atoms with Gasteiger partial charge in [-0.05, 0) is 30.2 Å². The molecule has 1 atom stereocenters. The van der Waals surface area contributed by atoms with Crippen LogP contribution in [0.25, 0.3) is 10.9 Å². The van der Waals surface area contributed by atoms with Gasteiger partial charge in [-0.15, -0.1) is 5.53 Å². The summed E-state index contributed by atoms with van der Waals surface area (Å²) >= 11 is 0. The zero-order chi connectivity index (χ0) is 24.2. The first-order chi connectivity index (χ1) is 17.0. The Morgan fingerprint density at radius 1 is 1.17 bits per heavy atom. The molecule has 3 aromatic rings. The van der Waals surface area contributed by atoms with Gasteiger partial charge in [0.15, 0.2) is 11.6 Å². The predicted molar refractivity (Wildman–Crippen MR) is 125 cm³/mol. The van der Waals surface area contributed by atoms with E-state index in [4.69, 9.17) is 0 Å². The average molecular weight is 471 g/mol. The standard InChI is InChI=1S/C25H22FN7O2/c26-18-13-29-22(33-11-8-30-31-33)20-19(18)17(12-28-20)21(34)23(35)32-9-6-24(7-10-32)14-25(24,15-27)16-4-2-1-3-5-16/h1-5,8,11-13,28,30-31H,6-7,9-10,14H2. The van der Waals surface area contributed by atoms with E-state index >= 15 is 0 Å². The van der Waals surface area contributed by atoms with Gasteiger partial charge in [0.25, 0.3) is 11.7 Å². The first-order valence-corrected chi connectivity index (χ1v) is 11.4. The van der Waals surface area contributed by atoms with Crippen molar-refractivity contribution in [3.63, 3.8) is 0 Å². The van der Waals surface area contributed by atoms with E-state index < -0.39 is 22.9 Å². The van der Waals surface area contributed by atoms with Crippen molar-refractivity contribution in [2.45, 2.75) is 24.7 Å². The molecule has 2 aromatic heterocycles. The van der Waals surface area contributed by atoms with Crippen LogP contribution in [0.1, 0.15) is 35.2 Å². The smallest absolute Gasteiger partial charge is 0.295 e. The van der Waals surface area contributed by atoms with Crippen molar-refractivity contribution in [3.8, 4) is 6.07 Å². The van der Waals surface area contributed by atoms with E-state index in [1.54, 1.807) is 12.4 Å². The van der Waals surface area contributed by atoms with Crippen LogP contribution < -0.4 is 16.0 Å². The van der Waals surface area contributed by atoms with Crippen LogP contribution in [0.4, 0.5) is 10.2 Å². The zero-order valence-corrected chi connectivity index (χ0v) is 18.7. The minimum Gasteiger partial charge on any atom is -0.357 e. The van der Waals surface area contributed by atoms with Gasteiger partial charge in [-0.1, -0.05) is 30.3 Å². The van der Waals surface area contributed by atoms with Crippen LogP contribution in [0.3, 0.4) is 0 Å². The lowest BCUT2D eigenvalue weighted by molar-refractivity contribution is -0.128. The summed E-state index contributed by atoms with van der Waals surface area (Å²) in [5.74, 6) is -1.76. The maximum atomic E-state index is 14.7. The van der Waals surface area contributed by atoms with E-state index in [-0.39, 0.29) is 16.4 Å². The Labute approximate surface area is 200 Å². The highest BCUT2D eigenvalue weighted by molar-refractivity contribution is 6.45. The Kier molecular flexibility index (Phi) is 4.66.